The van der Waals surface area contributed by atoms with E-state index in [1.165, 1.54) is 0 Å². The van der Waals surface area contributed by atoms with Gasteiger partial charge in [0, 0.05) is 17.7 Å². The van der Waals surface area contributed by atoms with Crippen LogP contribution in [-0.4, -0.2) is 11.5 Å². The summed E-state index contributed by atoms with van der Waals surface area (Å²) >= 11 is 0. The second-order valence-corrected chi connectivity index (χ2v) is 2.91. The summed E-state index contributed by atoms with van der Waals surface area (Å²) in [6, 6.07) is 3.97. The van der Waals surface area contributed by atoms with Crippen LogP contribution in [0.3, 0.4) is 0 Å². The molecule has 0 unspecified atom stereocenters. The van der Waals surface area contributed by atoms with Gasteiger partial charge in [0.2, 0.25) is 0 Å². The quantitative estimate of drug-likeness (QED) is 0.310. The van der Waals surface area contributed by atoms with Crippen LogP contribution in [0, 0.1) is 6.92 Å². The highest BCUT2D eigenvalue weighted by Gasteiger charge is 1.86. The fraction of sp³-hybridized carbons (Fsp3) is 0.300. The number of aryl methyl sites for hydroxylation is 1. The second-order valence-electron chi connectivity index (χ2n) is 2.91. The largest absolute Gasteiger partial charge is 0.257 e. The Hall–Kier alpha value is -1.80. The molecule has 0 amide bonds. The first kappa shape index (κ1) is 10.3. The number of nitrogens with zero attached hydrogens (tertiary/aromatic N) is 4. The van der Waals surface area contributed by atoms with Crippen LogP contribution in [0.25, 0.3) is 16.5 Å². The van der Waals surface area contributed by atoms with Gasteiger partial charge in [0.1, 0.15) is 0 Å². The van der Waals surface area contributed by atoms with Crippen LogP contribution < -0.4 is 0 Å². The fourth-order valence-corrected chi connectivity index (χ4v) is 0.959. The summed E-state index contributed by atoms with van der Waals surface area (Å²) in [5.41, 5.74) is 10.1. The highest BCUT2D eigenvalue weighted by atomic mass is 15.1. The van der Waals surface area contributed by atoms with Crippen molar-refractivity contribution in [3.63, 3.8) is 0 Å². The molecule has 0 bridgehead atoms. The van der Waals surface area contributed by atoms with Crippen molar-refractivity contribution < 1.29 is 0 Å². The molecule has 1 aromatic rings. The first-order chi connectivity index (χ1) is 6.83. The van der Waals surface area contributed by atoms with E-state index < -0.39 is 0 Å². The van der Waals surface area contributed by atoms with Gasteiger partial charge in [-0.3, -0.25) is 4.98 Å². The number of hydrogen-bond acceptors (Lipinski definition) is 2. The summed E-state index contributed by atoms with van der Waals surface area (Å²) in [6.07, 6.45) is 6.45. The van der Waals surface area contributed by atoms with Crippen LogP contribution in [0.1, 0.15) is 17.7 Å². The summed E-state index contributed by atoms with van der Waals surface area (Å²) in [5.74, 6) is 0. The van der Waals surface area contributed by atoms with Crippen molar-refractivity contribution >= 4 is 6.08 Å². The molecule has 0 saturated heterocycles. The van der Waals surface area contributed by atoms with Crippen LogP contribution >= 0.6 is 0 Å². The van der Waals surface area contributed by atoms with Gasteiger partial charge < -0.3 is 0 Å². The Balaban J connectivity index is 2.43. The molecule has 14 heavy (non-hydrogen) atoms. The summed E-state index contributed by atoms with van der Waals surface area (Å²) in [5, 5.41) is 3.43. The number of aromatic nitrogens is 1. The maximum Gasteiger partial charge on any atom is 0.0626 e. The minimum absolute atomic E-state index is 0.499. The molecule has 0 fully saturated rings. The van der Waals surface area contributed by atoms with Gasteiger partial charge in [-0.15, -0.1) is 0 Å². The van der Waals surface area contributed by atoms with Crippen molar-refractivity contribution in [2.24, 2.45) is 5.11 Å². The molecule has 1 rings (SSSR count). The van der Waals surface area contributed by atoms with Crippen molar-refractivity contribution in [1.82, 2.24) is 4.98 Å². The smallest absolute Gasteiger partial charge is 0.0626 e. The second kappa shape index (κ2) is 5.78. The molecule has 0 spiro atoms. The van der Waals surface area contributed by atoms with Gasteiger partial charge in [-0.2, -0.15) is 0 Å². The van der Waals surface area contributed by atoms with Crippen molar-refractivity contribution in [3.05, 3.63) is 46.1 Å². The molecular weight excluding hydrogens is 176 g/mol. The van der Waals surface area contributed by atoms with Gasteiger partial charge in [-0.05, 0) is 36.6 Å². The standard InChI is InChI=1S/C10H12N4/c1-9-5-6-10(12-8-9)4-2-3-7-13-14-11/h2,4-6,8H,3,7H2,1H3. The zero-order valence-corrected chi connectivity index (χ0v) is 8.09. The number of hydrogen-bond donors (Lipinski definition) is 0. The Labute approximate surface area is 82.9 Å². The average molecular weight is 188 g/mol. The SMILES string of the molecule is Cc1ccc(C=CCCN=[N+]=[N-])nc1. The van der Waals surface area contributed by atoms with E-state index >= 15 is 0 Å². The lowest BCUT2D eigenvalue weighted by atomic mass is 10.2. The van der Waals surface area contributed by atoms with E-state index in [4.69, 9.17) is 5.53 Å². The highest BCUT2D eigenvalue weighted by molar-refractivity contribution is 5.44. The van der Waals surface area contributed by atoms with E-state index in [2.05, 4.69) is 15.0 Å². The Morgan fingerprint density at radius 2 is 2.43 bits per heavy atom. The number of rotatable bonds is 4. The van der Waals surface area contributed by atoms with Gasteiger partial charge in [-0.1, -0.05) is 17.3 Å². The van der Waals surface area contributed by atoms with Crippen molar-refractivity contribution in [2.45, 2.75) is 13.3 Å². The molecular formula is C10H12N4. The molecule has 0 aliphatic carbocycles. The van der Waals surface area contributed by atoms with E-state index in [9.17, 15) is 0 Å². The van der Waals surface area contributed by atoms with Crippen LogP contribution in [0.4, 0.5) is 0 Å². The molecule has 0 saturated carbocycles. The highest BCUT2D eigenvalue weighted by Crippen LogP contribution is 2.01. The minimum atomic E-state index is 0.499. The maximum atomic E-state index is 8.04. The molecule has 4 heteroatoms. The first-order valence-corrected chi connectivity index (χ1v) is 4.43. The van der Waals surface area contributed by atoms with Gasteiger partial charge in [0.05, 0.1) is 5.69 Å². The normalized spacial score (nSPS) is 10.1. The van der Waals surface area contributed by atoms with Crippen molar-refractivity contribution in [1.29, 1.82) is 0 Å². The predicted molar refractivity (Wildman–Crippen MR) is 56.6 cm³/mol. The van der Waals surface area contributed by atoms with Crippen LogP contribution in [-0.2, 0) is 0 Å². The molecule has 1 heterocycles. The lowest BCUT2D eigenvalue weighted by molar-refractivity contribution is 0.995. The Morgan fingerprint density at radius 1 is 1.57 bits per heavy atom. The molecule has 0 aliphatic heterocycles. The topological polar surface area (TPSA) is 61.7 Å². The first-order valence-electron chi connectivity index (χ1n) is 4.43. The fourth-order valence-electron chi connectivity index (χ4n) is 0.959. The monoisotopic (exact) mass is 188 g/mol. The minimum Gasteiger partial charge on any atom is -0.257 e. The van der Waals surface area contributed by atoms with Gasteiger partial charge in [0.25, 0.3) is 0 Å². The Kier molecular flexibility index (Phi) is 4.24. The molecule has 4 nitrogen and oxygen atoms in total. The molecule has 0 atom stereocenters. The summed E-state index contributed by atoms with van der Waals surface area (Å²) < 4.78 is 0. The van der Waals surface area contributed by atoms with Crippen LogP contribution in [0.15, 0.2) is 29.5 Å². The summed E-state index contributed by atoms with van der Waals surface area (Å²) in [4.78, 5) is 6.87. The van der Waals surface area contributed by atoms with Crippen molar-refractivity contribution in [3.8, 4) is 0 Å². The van der Waals surface area contributed by atoms with Gasteiger partial charge in [-0.25, -0.2) is 0 Å². The molecule has 1 aromatic heterocycles. The Morgan fingerprint density at radius 3 is 3.07 bits per heavy atom. The summed E-state index contributed by atoms with van der Waals surface area (Å²) in [7, 11) is 0. The van der Waals surface area contributed by atoms with E-state index in [-0.39, 0.29) is 0 Å². The zero-order chi connectivity index (χ0) is 10.2. The van der Waals surface area contributed by atoms with E-state index in [1.54, 1.807) is 0 Å². The van der Waals surface area contributed by atoms with Gasteiger partial charge in [0.15, 0.2) is 0 Å². The molecule has 0 aromatic carbocycles. The third-order valence-corrected chi connectivity index (χ3v) is 1.68. The zero-order valence-electron chi connectivity index (χ0n) is 8.09. The van der Waals surface area contributed by atoms with Crippen LogP contribution in [0.2, 0.25) is 0 Å². The maximum absolute atomic E-state index is 8.04. The third kappa shape index (κ3) is 3.74. The van der Waals surface area contributed by atoms with E-state index in [0.717, 1.165) is 17.7 Å². The third-order valence-electron chi connectivity index (χ3n) is 1.68. The number of pyridine rings is 1. The lowest BCUT2D eigenvalue weighted by Gasteiger charge is -1.93. The van der Waals surface area contributed by atoms with Gasteiger partial charge >= 0.3 is 0 Å². The molecule has 72 valence electrons. The predicted octanol–water partition coefficient (Wildman–Crippen LogP) is 3.10. The van der Waals surface area contributed by atoms with Crippen LogP contribution in [0.5, 0.6) is 0 Å². The number of azide groups is 1. The molecule has 0 aliphatic rings. The van der Waals surface area contributed by atoms with Crippen molar-refractivity contribution in [2.75, 3.05) is 6.54 Å². The lowest BCUT2D eigenvalue weighted by Crippen LogP contribution is -1.81. The molecule has 0 N–H and O–H groups in total. The summed E-state index contributed by atoms with van der Waals surface area (Å²) in [6.45, 7) is 2.50. The van der Waals surface area contributed by atoms with E-state index in [1.807, 2.05) is 37.4 Å². The Bertz CT molecular complexity index is 347. The molecule has 0 radical (unpaired) electrons. The van der Waals surface area contributed by atoms with E-state index in [0.29, 0.717) is 6.54 Å². The average Bonchev–Trinajstić information content (AvgIpc) is 2.21.